The Bertz CT molecular complexity index is 1030. The van der Waals surface area contributed by atoms with Crippen molar-refractivity contribution in [2.75, 3.05) is 6.61 Å². The number of carboxylic acids is 1. The summed E-state index contributed by atoms with van der Waals surface area (Å²) in [6, 6.07) is 17.2. The fourth-order valence-corrected chi connectivity index (χ4v) is 3.22. The molecule has 5 nitrogen and oxygen atoms in total. The molecule has 0 fully saturated rings. The molecule has 0 atom stereocenters. The van der Waals surface area contributed by atoms with E-state index in [-0.39, 0.29) is 0 Å². The molecule has 6 heteroatoms. The molecule has 1 N–H and O–H groups in total. The summed E-state index contributed by atoms with van der Waals surface area (Å²) in [6.07, 6.45) is 1.66. The largest absolute Gasteiger partial charge is 0.481 e. The SMILES string of the molecule is Cc1ccc(-c2csc(/C(C#N)=C/c3ccccc3OCC(=O)O)n2)cc1. The molecule has 0 aliphatic carbocycles. The average molecular weight is 376 g/mol. The number of rotatable bonds is 6. The molecule has 3 rings (SSSR count). The Morgan fingerprint density at radius 2 is 2.00 bits per heavy atom. The molecule has 134 valence electrons. The highest BCUT2D eigenvalue weighted by molar-refractivity contribution is 7.11. The van der Waals surface area contributed by atoms with Crippen molar-refractivity contribution in [2.45, 2.75) is 6.92 Å². The van der Waals surface area contributed by atoms with Crippen LogP contribution in [-0.4, -0.2) is 22.7 Å². The molecule has 2 aromatic carbocycles. The number of hydrogen-bond acceptors (Lipinski definition) is 5. The van der Waals surface area contributed by atoms with Gasteiger partial charge in [0.15, 0.2) is 6.61 Å². The van der Waals surface area contributed by atoms with E-state index in [4.69, 9.17) is 9.84 Å². The number of aryl methyl sites for hydroxylation is 1. The molecule has 0 spiro atoms. The molecule has 0 radical (unpaired) electrons. The maximum absolute atomic E-state index is 10.7. The number of hydrogen-bond donors (Lipinski definition) is 1. The van der Waals surface area contributed by atoms with Crippen molar-refractivity contribution in [2.24, 2.45) is 0 Å². The summed E-state index contributed by atoms with van der Waals surface area (Å²) in [5, 5.41) is 20.9. The quantitative estimate of drug-likeness (QED) is 0.633. The van der Waals surface area contributed by atoms with Gasteiger partial charge in [-0.1, -0.05) is 48.0 Å². The van der Waals surface area contributed by atoms with Crippen LogP contribution in [0.2, 0.25) is 0 Å². The van der Waals surface area contributed by atoms with E-state index >= 15 is 0 Å². The average Bonchev–Trinajstić information content (AvgIpc) is 3.15. The van der Waals surface area contributed by atoms with Crippen molar-refractivity contribution < 1.29 is 14.6 Å². The Hall–Kier alpha value is -3.43. The Kier molecular flexibility index (Phi) is 5.64. The van der Waals surface area contributed by atoms with Crippen LogP contribution in [-0.2, 0) is 4.79 Å². The van der Waals surface area contributed by atoms with Gasteiger partial charge in [0, 0.05) is 16.5 Å². The van der Waals surface area contributed by atoms with Crippen LogP contribution < -0.4 is 4.74 Å². The molecule has 0 unspecified atom stereocenters. The second-order valence-electron chi connectivity index (χ2n) is 5.79. The summed E-state index contributed by atoms with van der Waals surface area (Å²) < 4.78 is 5.30. The molecule has 0 aliphatic heterocycles. The lowest BCUT2D eigenvalue weighted by Gasteiger charge is -2.07. The molecule has 0 aliphatic rings. The summed E-state index contributed by atoms with van der Waals surface area (Å²) in [5.41, 5.74) is 3.99. The first-order valence-electron chi connectivity index (χ1n) is 8.15. The smallest absolute Gasteiger partial charge is 0.341 e. The molecular formula is C21H16N2O3S. The highest BCUT2D eigenvalue weighted by Gasteiger charge is 2.11. The molecule has 3 aromatic rings. The van der Waals surface area contributed by atoms with Crippen LogP contribution in [0, 0.1) is 18.3 Å². The zero-order chi connectivity index (χ0) is 19.2. The predicted octanol–water partition coefficient (Wildman–Crippen LogP) is 4.65. The summed E-state index contributed by atoms with van der Waals surface area (Å²) in [4.78, 5) is 15.3. The fourth-order valence-electron chi connectivity index (χ4n) is 2.42. The lowest BCUT2D eigenvalue weighted by atomic mass is 10.1. The molecule has 1 aromatic heterocycles. The van der Waals surface area contributed by atoms with Gasteiger partial charge < -0.3 is 9.84 Å². The van der Waals surface area contributed by atoms with Gasteiger partial charge in [0.2, 0.25) is 0 Å². The summed E-state index contributed by atoms with van der Waals surface area (Å²) in [6.45, 7) is 1.58. The number of ether oxygens (including phenoxy) is 1. The van der Waals surface area contributed by atoms with E-state index in [9.17, 15) is 10.1 Å². The van der Waals surface area contributed by atoms with Crippen LogP contribution >= 0.6 is 11.3 Å². The van der Waals surface area contributed by atoms with Gasteiger partial charge in [0.1, 0.15) is 16.8 Å². The molecule has 0 saturated carbocycles. The van der Waals surface area contributed by atoms with Gasteiger partial charge >= 0.3 is 5.97 Å². The first-order chi connectivity index (χ1) is 13.1. The van der Waals surface area contributed by atoms with Crippen molar-refractivity contribution in [3.8, 4) is 23.1 Å². The highest BCUT2D eigenvalue weighted by atomic mass is 32.1. The zero-order valence-corrected chi connectivity index (χ0v) is 15.4. The second kappa shape index (κ2) is 8.30. The van der Waals surface area contributed by atoms with E-state index in [1.165, 1.54) is 16.9 Å². The van der Waals surface area contributed by atoms with Gasteiger partial charge in [-0.3, -0.25) is 0 Å². The minimum atomic E-state index is -1.06. The molecule has 27 heavy (non-hydrogen) atoms. The summed E-state index contributed by atoms with van der Waals surface area (Å²) >= 11 is 1.39. The minimum Gasteiger partial charge on any atom is -0.481 e. The number of allylic oxidation sites excluding steroid dienone is 1. The van der Waals surface area contributed by atoms with Gasteiger partial charge in [0.05, 0.1) is 11.3 Å². The Morgan fingerprint density at radius 1 is 1.26 bits per heavy atom. The third-order valence-electron chi connectivity index (χ3n) is 3.77. The number of benzene rings is 2. The van der Waals surface area contributed by atoms with Crippen LogP contribution in [0.1, 0.15) is 16.1 Å². The molecular weight excluding hydrogens is 360 g/mol. The number of nitriles is 1. The maximum Gasteiger partial charge on any atom is 0.341 e. The van der Waals surface area contributed by atoms with Gasteiger partial charge in [-0.05, 0) is 19.1 Å². The van der Waals surface area contributed by atoms with Crippen molar-refractivity contribution in [3.63, 3.8) is 0 Å². The first-order valence-corrected chi connectivity index (χ1v) is 9.03. The van der Waals surface area contributed by atoms with E-state index in [0.717, 1.165) is 11.3 Å². The number of carboxylic acid groups (broad SMARTS) is 1. The normalized spacial score (nSPS) is 11.0. The monoisotopic (exact) mass is 376 g/mol. The van der Waals surface area contributed by atoms with Gasteiger partial charge in [-0.15, -0.1) is 11.3 Å². The first kappa shape index (κ1) is 18.4. The Morgan fingerprint density at radius 3 is 2.70 bits per heavy atom. The predicted molar refractivity (Wildman–Crippen MR) is 105 cm³/mol. The van der Waals surface area contributed by atoms with Crippen LogP contribution in [0.25, 0.3) is 22.9 Å². The number of aromatic nitrogens is 1. The number of para-hydroxylation sites is 1. The van der Waals surface area contributed by atoms with Crippen molar-refractivity contribution >= 4 is 29.0 Å². The van der Waals surface area contributed by atoms with E-state index in [1.54, 1.807) is 30.3 Å². The molecule has 0 bridgehead atoms. The number of carbonyl (C=O) groups is 1. The van der Waals surface area contributed by atoms with Crippen LogP contribution in [0.5, 0.6) is 5.75 Å². The highest BCUT2D eigenvalue weighted by Crippen LogP contribution is 2.29. The van der Waals surface area contributed by atoms with E-state index in [1.807, 2.05) is 36.6 Å². The molecule has 0 amide bonds. The lowest BCUT2D eigenvalue weighted by Crippen LogP contribution is -2.09. The minimum absolute atomic E-state index is 0.393. The maximum atomic E-state index is 10.7. The molecule has 0 saturated heterocycles. The summed E-state index contributed by atoms with van der Waals surface area (Å²) in [5.74, 6) is -0.653. The van der Waals surface area contributed by atoms with E-state index in [2.05, 4.69) is 11.1 Å². The zero-order valence-electron chi connectivity index (χ0n) is 14.5. The van der Waals surface area contributed by atoms with Gasteiger partial charge in [0.25, 0.3) is 0 Å². The van der Waals surface area contributed by atoms with Crippen LogP contribution in [0.4, 0.5) is 0 Å². The Balaban J connectivity index is 1.91. The van der Waals surface area contributed by atoms with Crippen LogP contribution in [0.3, 0.4) is 0 Å². The van der Waals surface area contributed by atoms with Crippen molar-refractivity contribution in [3.05, 3.63) is 70.0 Å². The number of nitrogens with zero attached hydrogens (tertiary/aromatic N) is 2. The topological polar surface area (TPSA) is 83.2 Å². The Labute approximate surface area is 160 Å². The van der Waals surface area contributed by atoms with Crippen LogP contribution in [0.15, 0.2) is 53.9 Å². The van der Waals surface area contributed by atoms with E-state index in [0.29, 0.717) is 21.9 Å². The third-order valence-corrected chi connectivity index (χ3v) is 4.65. The van der Waals surface area contributed by atoms with Gasteiger partial charge in [-0.2, -0.15) is 5.26 Å². The van der Waals surface area contributed by atoms with Crippen molar-refractivity contribution in [1.82, 2.24) is 4.98 Å². The number of thiazole rings is 1. The fraction of sp³-hybridized carbons (Fsp3) is 0.0952. The van der Waals surface area contributed by atoms with E-state index < -0.39 is 12.6 Å². The standard InChI is InChI=1S/C21H16N2O3S/c1-14-6-8-15(9-7-14)18-13-27-21(23-18)17(11-22)10-16-4-2-3-5-19(16)26-12-20(24)25/h2-10,13H,12H2,1H3,(H,24,25)/b17-10+. The second-order valence-corrected chi connectivity index (χ2v) is 6.65. The number of aliphatic carboxylic acids is 1. The lowest BCUT2D eigenvalue weighted by molar-refractivity contribution is -0.139. The third kappa shape index (κ3) is 4.60. The van der Waals surface area contributed by atoms with Gasteiger partial charge in [-0.25, -0.2) is 9.78 Å². The van der Waals surface area contributed by atoms with Crippen molar-refractivity contribution in [1.29, 1.82) is 5.26 Å². The summed E-state index contributed by atoms with van der Waals surface area (Å²) in [7, 11) is 0. The molecule has 1 heterocycles.